The van der Waals surface area contributed by atoms with E-state index in [0.29, 0.717) is 103 Å². The number of aromatic nitrogens is 4. The number of aliphatic hydroxyl groups is 2. The lowest BCUT2D eigenvalue weighted by Crippen LogP contribution is -2.53. The fourth-order valence-electron chi connectivity index (χ4n) is 17.4. The van der Waals surface area contributed by atoms with Gasteiger partial charge in [-0.3, -0.25) is 47.9 Å². The molecule has 0 radical (unpaired) electrons. The number of nitrogens with one attached hydrogen (secondary N) is 12. The second kappa shape index (κ2) is 40.0. The Hall–Kier alpha value is -10.8. The van der Waals surface area contributed by atoms with Gasteiger partial charge in [-0.1, -0.05) is 27.7 Å². The molecule has 8 aromatic rings. The molecule has 12 rings (SSSR count). The zero-order valence-corrected chi connectivity index (χ0v) is 71.6. The van der Waals surface area contributed by atoms with E-state index >= 15 is 0 Å². The van der Waals surface area contributed by atoms with Crippen molar-refractivity contribution in [1.82, 2.24) is 82.1 Å². The molecule has 122 heavy (non-hydrogen) atoms. The Labute approximate surface area is 705 Å². The maximum absolute atomic E-state index is 15.0. The second-order valence-corrected chi connectivity index (χ2v) is 32.7. The number of rotatable bonds is 32. The molecule has 30 nitrogen and oxygen atoms in total. The first-order chi connectivity index (χ1) is 58.1. The highest BCUT2D eigenvalue weighted by Gasteiger charge is 2.46. The molecule has 0 aliphatic carbocycles. The SMILES string of the molecule is CC[C@H](NC(=O)[C@H](C)NC)C(=O)N1C[C@@H](O)C[C@H]1Cc1c(-c2[nH]c3cc(F)ccc3c2C[C@@H]2C[C@H](O)CN2C(=O)[C@H](CC)NC(=O)[C@H](C)NC)[nH]c2cc(F)ccc12.CC[C@H](NC(=O)[C@H](C)NC)C(=O)N1C[C@@H](OC(C)=O)C[C@H]1Cc1c(-c2[nH]c3cc(F)ccc3c2C[C@@H]2C[C@H](OC(C)=O)CN2C(=O)[C@H](CC)NC(=O)[C@H](C)NC)[nH]c2cc(F)ccc12. The highest BCUT2D eigenvalue weighted by molar-refractivity contribution is 6.00. The lowest BCUT2D eigenvalue weighted by atomic mass is 9.94. The summed E-state index contributed by atoms with van der Waals surface area (Å²) in [4.78, 5) is 153. The van der Waals surface area contributed by atoms with Gasteiger partial charge in [0.15, 0.2) is 0 Å². The van der Waals surface area contributed by atoms with Crippen molar-refractivity contribution in [2.24, 2.45) is 0 Å². The summed E-state index contributed by atoms with van der Waals surface area (Å²) in [6.45, 7) is 16.9. The van der Waals surface area contributed by atoms with Gasteiger partial charge in [0.1, 0.15) is 59.6 Å². The molecule has 4 saturated heterocycles. The Morgan fingerprint density at radius 3 is 0.811 bits per heavy atom. The van der Waals surface area contributed by atoms with Gasteiger partial charge >= 0.3 is 11.9 Å². The second-order valence-electron chi connectivity index (χ2n) is 32.7. The third kappa shape index (κ3) is 20.6. The third-order valence-corrected chi connectivity index (χ3v) is 24.5. The molecule has 34 heteroatoms. The van der Waals surface area contributed by atoms with Gasteiger partial charge in [0.25, 0.3) is 0 Å². The molecule has 8 amide bonds. The Morgan fingerprint density at radius 2 is 0.598 bits per heavy atom. The lowest BCUT2D eigenvalue weighted by Gasteiger charge is -2.30. The summed E-state index contributed by atoms with van der Waals surface area (Å²) >= 11 is 0. The van der Waals surface area contributed by atoms with Crippen molar-refractivity contribution in [3.63, 3.8) is 0 Å². The van der Waals surface area contributed by atoms with Crippen molar-refractivity contribution in [3.05, 3.63) is 118 Å². The van der Waals surface area contributed by atoms with Crippen LogP contribution in [0.1, 0.15) is 143 Å². The minimum Gasteiger partial charge on any atom is -0.461 e. The van der Waals surface area contributed by atoms with Crippen LogP contribution in [0.4, 0.5) is 17.6 Å². The Balaban J connectivity index is 0.000000239. The van der Waals surface area contributed by atoms with E-state index in [2.05, 4.69) is 62.5 Å². The highest BCUT2D eigenvalue weighted by Crippen LogP contribution is 2.43. The molecule has 4 aromatic carbocycles. The van der Waals surface area contributed by atoms with E-state index in [-0.39, 0.29) is 125 Å². The number of aromatic amines is 4. The Morgan fingerprint density at radius 1 is 0.377 bits per heavy atom. The van der Waals surface area contributed by atoms with Gasteiger partial charge in [0.2, 0.25) is 47.3 Å². The molecule has 660 valence electrons. The number of likely N-dealkylation sites (N-methyl/N-ethyl adjacent to an activating group) is 4. The van der Waals surface area contributed by atoms with Crippen LogP contribution in [0.15, 0.2) is 72.8 Å². The van der Waals surface area contributed by atoms with Gasteiger partial charge < -0.3 is 102 Å². The van der Waals surface area contributed by atoms with Crippen LogP contribution in [-0.2, 0) is 83.1 Å². The molecule has 16 atom stereocenters. The van der Waals surface area contributed by atoms with Crippen LogP contribution in [0.5, 0.6) is 0 Å². The number of carbonyl (C=O) groups is 10. The number of aliphatic hydroxyl groups excluding tert-OH is 2. The lowest BCUT2D eigenvalue weighted by molar-refractivity contribution is -0.147. The molecule has 8 heterocycles. The standard InChI is InChI=1S/C46H60F2N8O8.C42H56F2N8O6/c1-9-37(53-43(59)23(3)49-7)45(61)55-21-31(63-25(5)57)17-29(55)19-35-33-13-11-27(47)15-39(33)51-41(35)42-36(34-14-12-28(48)16-40(34)52-42)20-30-18-32(64-26(6)58)22-56(30)46(62)38(10-2)54-44(60)24(4)50-8;1-7-33(49-39(55)21(3)45-5)41(57)51-19-27(53)15-25(51)17-31-29-11-9-23(43)13-35(29)47-37(31)38-32(30-12-10-24(44)14-36(30)48-38)18-26-16-28(54)20-52(26)42(58)34(8-2)50-40(56)22(4)46-6/h11-16,23-24,29-32,37-38,49-52H,9-10,17-22H2,1-8H3,(H,53,59)(H,54,60);9-14,21-22,25-28,33-34,45-48,53-54H,7-8,15-20H2,1-6H3,(H,49,55)(H,50,56)/t23-,24-,29-,30-,31-,32-,37-,38-;21-,22-,25-,26-,27-,28-,33-,34-/m00/s1. The van der Waals surface area contributed by atoms with Crippen LogP contribution < -0.4 is 42.5 Å². The predicted molar refractivity (Wildman–Crippen MR) is 452 cm³/mol. The smallest absolute Gasteiger partial charge is 0.302 e. The molecule has 14 N–H and O–H groups in total. The van der Waals surface area contributed by atoms with E-state index in [4.69, 9.17) is 9.47 Å². The zero-order chi connectivity index (χ0) is 88.6. The number of benzene rings is 4. The monoisotopic (exact) mass is 1700 g/mol. The van der Waals surface area contributed by atoms with E-state index < -0.39 is 132 Å². The summed E-state index contributed by atoms with van der Waals surface area (Å²) in [6, 6.07) is 9.91. The quantitative estimate of drug-likeness (QED) is 0.0161. The Bertz CT molecular complexity index is 4870. The third-order valence-electron chi connectivity index (χ3n) is 24.5. The van der Waals surface area contributed by atoms with Crippen LogP contribution in [0.2, 0.25) is 0 Å². The fourth-order valence-corrected chi connectivity index (χ4v) is 17.4. The summed E-state index contributed by atoms with van der Waals surface area (Å²) in [7, 11) is 6.60. The van der Waals surface area contributed by atoms with E-state index in [1.54, 1.807) is 114 Å². The number of β-amino-alcohol motifs (C(OH)–C–C–N with tert-alkyl or cyclic N) is 2. The maximum atomic E-state index is 15.0. The topological polar surface area (TPSA) is 402 Å². The van der Waals surface area contributed by atoms with E-state index in [1.165, 1.54) is 62.4 Å². The number of esters is 2. The van der Waals surface area contributed by atoms with Gasteiger partial charge in [-0.05, 0) is 215 Å². The van der Waals surface area contributed by atoms with E-state index in [9.17, 15) is 75.7 Å². The number of H-pyrrole nitrogens is 4. The predicted octanol–water partition coefficient (Wildman–Crippen LogP) is 6.36. The molecule has 0 unspecified atom stereocenters. The number of ether oxygens (including phenoxy) is 2. The molecule has 4 aliphatic heterocycles. The van der Waals surface area contributed by atoms with Crippen molar-refractivity contribution in [2.45, 2.75) is 243 Å². The normalized spacial score (nSPS) is 21.1. The summed E-state index contributed by atoms with van der Waals surface area (Å²) in [6.07, 6.45) is 0.366. The molecule has 4 aromatic heterocycles. The molecular weight excluding hydrogens is 1580 g/mol. The summed E-state index contributed by atoms with van der Waals surface area (Å²) < 4.78 is 70.8. The number of hydrogen-bond donors (Lipinski definition) is 14. The molecular formula is C88H116F4N16O14. The maximum Gasteiger partial charge on any atom is 0.302 e. The minimum atomic E-state index is -0.867. The summed E-state index contributed by atoms with van der Waals surface area (Å²) in [5.41, 5.74) is 6.94. The number of carbonyl (C=O) groups excluding carboxylic acids is 10. The van der Waals surface area contributed by atoms with Crippen LogP contribution >= 0.6 is 0 Å². The van der Waals surface area contributed by atoms with Crippen LogP contribution in [0.25, 0.3) is 66.4 Å². The van der Waals surface area contributed by atoms with Gasteiger partial charge in [-0.2, -0.15) is 0 Å². The highest BCUT2D eigenvalue weighted by atomic mass is 19.1. The molecule has 0 saturated carbocycles. The molecule has 0 spiro atoms. The number of halogens is 4. The van der Waals surface area contributed by atoms with Crippen molar-refractivity contribution < 1.29 is 85.2 Å². The van der Waals surface area contributed by atoms with Crippen LogP contribution in [0, 0.1) is 23.3 Å². The largest absolute Gasteiger partial charge is 0.461 e. The van der Waals surface area contributed by atoms with Gasteiger partial charge in [-0.15, -0.1) is 0 Å². The number of likely N-dealkylation sites (tertiary alicyclic amines) is 4. The average Bonchev–Trinajstić information content (AvgIpc) is 1.59. The minimum absolute atomic E-state index is 0.0711. The van der Waals surface area contributed by atoms with Gasteiger partial charge in [-0.25, -0.2) is 17.6 Å². The van der Waals surface area contributed by atoms with Crippen molar-refractivity contribution in [2.75, 3.05) is 54.4 Å². The first-order valence-electron chi connectivity index (χ1n) is 42.2. The van der Waals surface area contributed by atoms with Crippen molar-refractivity contribution in [3.8, 4) is 22.8 Å². The van der Waals surface area contributed by atoms with Crippen LogP contribution in [0.3, 0.4) is 0 Å². The zero-order valence-electron chi connectivity index (χ0n) is 71.6. The van der Waals surface area contributed by atoms with Crippen molar-refractivity contribution in [1.29, 1.82) is 0 Å². The molecule has 0 bridgehead atoms. The number of amides is 8. The first-order valence-corrected chi connectivity index (χ1v) is 42.2. The number of fused-ring (bicyclic) bond motifs is 4. The number of hydrogen-bond acceptors (Lipinski definition) is 18. The molecule has 4 fully saturated rings. The Kier molecular flexibility index (Phi) is 30.2. The fraction of sp³-hybridized carbons (Fsp3) is 0.523. The van der Waals surface area contributed by atoms with E-state index in [0.717, 1.165) is 11.1 Å². The summed E-state index contributed by atoms with van der Waals surface area (Å²) in [5, 5.41) is 47.5. The average molecular weight is 1700 g/mol. The van der Waals surface area contributed by atoms with Gasteiger partial charge in [0, 0.05) is 108 Å². The summed E-state index contributed by atoms with van der Waals surface area (Å²) in [5.74, 6) is -5.59. The number of nitrogens with zero attached hydrogens (tertiary/aromatic N) is 4. The van der Waals surface area contributed by atoms with Crippen LogP contribution in [-0.4, -0.2) is 260 Å². The van der Waals surface area contributed by atoms with E-state index in [1.807, 2.05) is 13.8 Å². The first kappa shape index (κ1) is 92.0. The van der Waals surface area contributed by atoms with Gasteiger partial charge in [0.05, 0.1) is 72.2 Å². The van der Waals surface area contributed by atoms with Crippen molar-refractivity contribution >= 4 is 103 Å². The molecule has 4 aliphatic rings.